The van der Waals surface area contributed by atoms with Gasteiger partial charge in [0.1, 0.15) is 0 Å². The predicted octanol–water partition coefficient (Wildman–Crippen LogP) is 3.20. The first-order valence-electron chi connectivity index (χ1n) is 5.30. The Morgan fingerprint density at radius 2 is 2.29 bits per heavy atom. The van der Waals surface area contributed by atoms with Crippen molar-refractivity contribution in [3.05, 3.63) is 42.5 Å². The van der Waals surface area contributed by atoms with E-state index in [-0.39, 0.29) is 0 Å². The molecule has 1 atom stereocenters. The zero-order chi connectivity index (χ0) is 9.80. The minimum atomic E-state index is 0.455. The molecule has 1 nitrogen and oxygen atoms in total. The van der Waals surface area contributed by atoms with E-state index >= 15 is 0 Å². The van der Waals surface area contributed by atoms with Gasteiger partial charge in [-0.05, 0) is 37.3 Å². The van der Waals surface area contributed by atoms with Gasteiger partial charge in [-0.3, -0.25) is 5.32 Å². The Morgan fingerprint density at radius 1 is 1.43 bits per heavy atom. The van der Waals surface area contributed by atoms with Gasteiger partial charge in [-0.15, -0.1) is 6.58 Å². The van der Waals surface area contributed by atoms with Crippen molar-refractivity contribution in [1.82, 2.24) is 5.32 Å². The van der Waals surface area contributed by atoms with Crippen LogP contribution in [0.4, 0.5) is 5.69 Å². The van der Waals surface area contributed by atoms with Crippen LogP contribution in [0.1, 0.15) is 24.8 Å². The minimum Gasteiger partial charge on any atom is -0.281 e. The van der Waals surface area contributed by atoms with E-state index in [1.165, 1.54) is 30.5 Å². The van der Waals surface area contributed by atoms with Crippen molar-refractivity contribution < 1.29 is 0 Å². The quantitative estimate of drug-likeness (QED) is 0.630. The summed E-state index contributed by atoms with van der Waals surface area (Å²) in [6, 6.07) is 8.93. The van der Waals surface area contributed by atoms with E-state index in [4.69, 9.17) is 5.32 Å². The highest BCUT2D eigenvalue weighted by Gasteiger charge is 2.15. The zero-order valence-electron chi connectivity index (χ0n) is 8.45. The molecule has 0 aliphatic carbocycles. The Kier molecular flexibility index (Phi) is 2.87. The monoisotopic (exact) mass is 186 g/mol. The van der Waals surface area contributed by atoms with Gasteiger partial charge in [0, 0.05) is 0 Å². The third-order valence-electron chi connectivity index (χ3n) is 2.74. The molecule has 0 amide bonds. The molecular weight excluding hydrogens is 170 g/mol. The largest absolute Gasteiger partial charge is 0.281 e. The molecule has 0 N–H and O–H groups in total. The van der Waals surface area contributed by atoms with Crippen LogP contribution in [0.2, 0.25) is 0 Å². The van der Waals surface area contributed by atoms with Crippen molar-refractivity contribution in [2.24, 2.45) is 0 Å². The number of hydrogen-bond acceptors (Lipinski definition) is 0. The molecule has 1 heterocycles. The van der Waals surface area contributed by atoms with Gasteiger partial charge < -0.3 is 0 Å². The van der Waals surface area contributed by atoms with Crippen LogP contribution in [0.25, 0.3) is 0 Å². The third kappa shape index (κ3) is 1.98. The van der Waals surface area contributed by atoms with Crippen LogP contribution in [-0.4, -0.2) is 6.04 Å². The molecule has 1 aromatic carbocycles. The van der Waals surface area contributed by atoms with Gasteiger partial charge in [0.15, 0.2) is 0 Å². The van der Waals surface area contributed by atoms with E-state index in [1.807, 2.05) is 6.08 Å². The predicted molar refractivity (Wildman–Crippen MR) is 59.8 cm³/mol. The maximum atomic E-state index is 4.76. The van der Waals surface area contributed by atoms with Gasteiger partial charge in [-0.25, -0.2) is 0 Å². The molecule has 1 aliphatic heterocycles. The van der Waals surface area contributed by atoms with E-state index < -0.39 is 0 Å². The topological polar surface area (TPSA) is 14.1 Å². The molecule has 0 bridgehead atoms. The first-order chi connectivity index (χ1) is 6.90. The summed E-state index contributed by atoms with van der Waals surface area (Å²) in [7, 11) is 0. The summed E-state index contributed by atoms with van der Waals surface area (Å²) in [5, 5.41) is 4.76. The summed E-state index contributed by atoms with van der Waals surface area (Å²) in [6.07, 6.45) is 6.60. The second-order valence-corrected chi connectivity index (χ2v) is 3.83. The molecule has 73 valence electrons. The van der Waals surface area contributed by atoms with Crippen molar-refractivity contribution in [2.45, 2.75) is 31.7 Å². The number of aryl methyl sites for hydroxylation is 1. The lowest BCUT2D eigenvalue weighted by Crippen LogP contribution is -2.16. The Balaban J connectivity index is 2.17. The van der Waals surface area contributed by atoms with Gasteiger partial charge in [-0.2, -0.15) is 0 Å². The third-order valence-corrected chi connectivity index (χ3v) is 2.74. The molecule has 0 saturated heterocycles. The molecule has 2 rings (SSSR count). The SMILES string of the molecule is C=CCC1CCCc2ccccc2[N]1. The highest BCUT2D eigenvalue weighted by atomic mass is 14.9. The Hall–Kier alpha value is -1.24. The van der Waals surface area contributed by atoms with Crippen LogP contribution in [0.3, 0.4) is 0 Å². The number of nitrogens with zero attached hydrogens (tertiary/aromatic N) is 1. The number of benzene rings is 1. The summed E-state index contributed by atoms with van der Waals surface area (Å²) in [5.74, 6) is 0. The van der Waals surface area contributed by atoms with Crippen LogP contribution in [0.5, 0.6) is 0 Å². The van der Waals surface area contributed by atoms with Gasteiger partial charge in [0.05, 0.1) is 11.7 Å². The zero-order valence-corrected chi connectivity index (χ0v) is 8.45. The lowest BCUT2D eigenvalue weighted by Gasteiger charge is -2.12. The van der Waals surface area contributed by atoms with Gasteiger partial charge in [0.2, 0.25) is 0 Å². The fourth-order valence-electron chi connectivity index (χ4n) is 2.00. The molecule has 0 aromatic heterocycles. The normalized spacial score (nSPS) is 20.4. The molecule has 1 radical (unpaired) electrons. The molecule has 1 heteroatoms. The first-order valence-corrected chi connectivity index (χ1v) is 5.30. The smallest absolute Gasteiger partial charge is 0.0609 e. The lowest BCUT2D eigenvalue weighted by atomic mass is 10.1. The van der Waals surface area contributed by atoms with Crippen molar-refractivity contribution in [1.29, 1.82) is 0 Å². The second kappa shape index (κ2) is 4.32. The van der Waals surface area contributed by atoms with Crippen molar-refractivity contribution in [3.63, 3.8) is 0 Å². The Morgan fingerprint density at radius 3 is 3.14 bits per heavy atom. The Bertz CT molecular complexity index is 317. The van der Waals surface area contributed by atoms with E-state index in [9.17, 15) is 0 Å². The average molecular weight is 186 g/mol. The van der Waals surface area contributed by atoms with Crippen molar-refractivity contribution in [3.8, 4) is 0 Å². The molecule has 1 unspecified atom stereocenters. The van der Waals surface area contributed by atoms with Crippen LogP contribution in [0.15, 0.2) is 36.9 Å². The standard InChI is InChI=1S/C13H16N/c1-2-6-12-9-5-8-11-7-3-4-10-13(11)14-12/h2-4,7,10,12H,1,5-6,8-9H2. The van der Waals surface area contributed by atoms with Gasteiger partial charge in [0.25, 0.3) is 0 Å². The highest BCUT2D eigenvalue weighted by molar-refractivity contribution is 5.45. The number of para-hydroxylation sites is 1. The Labute approximate surface area is 85.8 Å². The number of rotatable bonds is 2. The molecule has 0 fully saturated rings. The summed E-state index contributed by atoms with van der Waals surface area (Å²) < 4.78 is 0. The van der Waals surface area contributed by atoms with Gasteiger partial charge >= 0.3 is 0 Å². The lowest BCUT2D eigenvalue weighted by molar-refractivity contribution is 0.542. The summed E-state index contributed by atoms with van der Waals surface area (Å²) in [4.78, 5) is 0. The average Bonchev–Trinajstić information content (AvgIpc) is 2.40. The molecule has 0 saturated carbocycles. The fourth-order valence-corrected chi connectivity index (χ4v) is 2.00. The first kappa shape index (κ1) is 9.32. The van der Waals surface area contributed by atoms with E-state index in [0.717, 1.165) is 6.42 Å². The molecular formula is C13H16N. The molecule has 14 heavy (non-hydrogen) atoms. The summed E-state index contributed by atoms with van der Waals surface area (Å²) >= 11 is 0. The summed E-state index contributed by atoms with van der Waals surface area (Å²) in [5.41, 5.74) is 2.59. The van der Waals surface area contributed by atoms with Crippen molar-refractivity contribution >= 4 is 5.69 Å². The van der Waals surface area contributed by atoms with Crippen LogP contribution in [0, 0.1) is 0 Å². The second-order valence-electron chi connectivity index (χ2n) is 3.83. The highest BCUT2D eigenvalue weighted by Crippen LogP contribution is 2.24. The van der Waals surface area contributed by atoms with Crippen LogP contribution in [-0.2, 0) is 6.42 Å². The van der Waals surface area contributed by atoms with Crippen LogP contribution >= 0.6 is 0 Å². The minimum absolute atomic E-state index is 0.455. The maximum Gasteiger partial charge on any atom is 0.0609 e. The number of fused-ring (bicyclic) bond motifs is 1. The van der Waals surface area contributed by atoms with Gasteiger partial charge in [-0.1, -0.05) is 24.3 Å². The van der Waals surface area contributed by atoms with Crippen molar-refractivity contribution in [2.75, 3.05) is 0 Å². The molecule has 1 aliphatic rings. The summed E-state index contributed by atoms with van der Waals surface area (Å²) in [6.45, 7) is 3.78. The molecule has 1 aromatic rings. The fraction of sp³-hybridized carbons (Fsp3) is 0.385. The maximum absolute atomic E-state index is 4.76. The van der Waals surface area contributed by atoms with E-state index in [1.54, 1.807) is 0 Å². The van der Waals surface area contributed by atoms with E-state index in [0.29, 0.717) is 6.04 Å². The van der Waals surface area contributed by atoms with Crippen LogP contribution < -0.4 is 5.32 Å². The molecule has 0 spiro atoms. The number of hydrogen-bond donors (Lipinski definition) is 0. The van der Waals surface area contributed by atoms with E-state index in [2.05, 4.69) is 30.8 Å².